The maximum atomic E-state index is 13.5. The molecular weight excluding hydrogens is 388 g/mol. The van der Waals surface area contributed by atoms with Gasteiger partial charge in [0.2, 0.25) is 5.91 Å². The van der Waals surface area contributed by atoms with Gasteiger partial charge in [-0.2, -0.15) is 0 Å². The average molecular weight is 423 g/mol. The first-order valence-corrected chi connectivity index (χ1v) is 11.6. The van der Waals surface area contributed by atoms with E-state index >= 15 is 0 Å². The lowest BCUT2D eigenvalue weighted by Gasteiger charge is -2.29. The van der Waals surface area contributed by atoms with Crippen molar-refractivity contribution < 1.29 is 19.1 Å². The third kappa shape index (κ3) is 6.29. The topological polar surface area (TPSA) is 67.9 Å². The summed E-state index contributed by atoms with van der Waals surface area (Å²) in [5.74, 6) is 1.54. The Kier molecular flexibility index (Phi) is 9.64. The summed E-state index contributed by atoms with van der Waals surface area (Å²) in [5, 5.41) is 3.01. The SMILES string of the molecule is CCCCCC1SCC(C(=O)NCCCC)N1C(=O)c1cc(OC)cc(OC)c1. The molecule has 0 saturated carbocycles. The van der Waals surface area contributed by atoms with Crippen LogP contribution in [0.15, 0.2) is 18.2 Å². The smallest absolute Gasteiger partial charge is 0.255 e. The maximum absolute atomic E-state index is 13.5. The maximum Gasteiger partial charge on any atom is 0.255 e. The minimum Gasteiger partial charge on any atom is -0.497 e. The lowest BCUT2D eigenvalue weighted by Crippen LogP contribution is -2.50. The second-order valence-corrected chi connectivity index (χ2v) is 8.47. The Balaban J connectivity index is 2.26. The first-order valence-electron chi connectivity index (χ1n) is 10.5. The molecule has 1 fully saturated rings. The summed E-state index contributed by atoms with van der Waals surface area (Å²) in [5.41, 5.74) is 0.482. The summed E-state index contributed by atoms with van der Waals surface area (Å²) in [6.07, 6.45) is 6.14. The number of carbonyl (C=O) groups excluding carboxylic acids is 2. The van der Waals surface area contributed by atoms with Gasteiger partial charge in [0, 0.05) is 23.9 Å². The molecular formula is C22H34N2O4S. The van der Waals surface area contributed by atoms with Crippen LogP contribution in [0.1, 0.15) is 62.7 Å². The fraction of sp³-hybridized carbons (Fsp3) is 0.636. The number of unbranched alkanes of at least 4 members (excludes halogenated alkanes) is 3. The van der Waals surface area contributed by atoms with Crippen LogP contribution in [0.4, 0.5) is 0 Å². The van der Waals surface area contributed by atoms with Crippen molar-refractivity contribution in [3.8, 4) is 11.5 Å². The minimum absolute atomic E-state index is 0.00757. The molecule has 29 heavy (non-hydrogen) atoms. The molecule has 1 aromatic carbocycles. The van der Waals surface area contributed by atoms with Crippen molar-refractivity contribution in [2.24, 2.45) is 0 Å². The molecule has 1 heterocycles. The molecule has 1 aliphatic heterocycles. The molecule has 2 amide bonds. The van der Waals surface area contributed by atoms with E-state index in [-0.39, 0.29) is 17.2 Å². The zero-order valence-electron chi connectivity index (χ0n) is 18.0. The predicted octanol–water partition coefficient (Wildman–Crippen LogP) is 4.08. The van der Waals surface area contributed by atoms with Crippen molar-refractivity contribution in [1.29, 1.82) is 0 Å². The zero-order chi connectivity index (χ0) is 21.2. The highest BCUT2D eigenvalue weighted by atomic mass is 32.2. The highest BCUT2D eigenvalue weighted by molar-refractivity contribution is 8.00. The Hall–Kier alpha value is -1.89. The van der Waals surface area contributed by atoms with Crippen LogP contribution in [0.2, 0.25) is 0 Å². The van der Waals surface area contributed by atoms with E-state index in [2.05, 4.69) is 19.2 Å². The van der Waals surface area contributed by atoms with Crippen LogP contribution in [-0.4, -0.2) is 54.6 Å². The molecule has 2 atom stereocenters. The molecule has 1 aliphatic rings. The molecule has 0 aromatic heterocycles. The molecule has 1 N–H and O–H groups in total. The van der Waals surface area contributed by atoms with Crippen LogP contribution >= 0.6 is 11.8 Å². The summed E-state index contributed by atoms with van der Waals surface area (Å²) >= 11 is 1.70. The molecule has 1 saturated heterocycles. The Morgan fingerprint density at radius 1 is 1.07 bits per heavy atom. The number of ether oxygens (including phenoxy) is 2. The molecule has 1 aromatic rings. The largest absolute Gasteiger partial charge is 0.497 e. The van der Waals surface area contributed by atoms with Gasteiger partial charge < -0.3 is 19.7 Å². The van der Waals surface area contributed by atoms with Gasteiger partial charge in [0.1, 0.15) is 17.5 Å². The van der Waals surface area contributed by atoms with E-state index < -0.39 is 6.04 Å². The monoisotopic (exact) mass is 422 g/mol. The van der Waals surface area contributed by atoms with Gasteiger partial charge in [-0.3, -0.25) is 9.59 Å². The fourth-order valence-corrected chi connectivity index (χ4v) is 4.87. The van der Waals surface area contributed by atoms with Crippen molar-refractivity contribution in [3.63, 3.8) is 0 Å². The number of thioether (sulfide) groups is 1. The lowest BCUT2D eigenvalue weighted by atomic mass is 10.1. The van der Waals surface area contributed by atoms with Gasteiger partial charge >= 0.3 is 0 Å². The standard InChI is InChI=1S/C22H34N2O4S/c1-5-7-9-10-20-24(19(15-29-20)21(25)23-11-8-6-2)22(26)16-12-17(27-3)14-18(13-16)28-4/h12-14,19-20H,5-11,15H2,1-4H3,(H,23,25). The third-order valence-corrected chi connectivity index (χ3v) is 6.47. The molecule has 2 unspecified atom stereocenters. The van der Waals surface area contributed by atoms with Crippen LogP contribution in [0.5, 0.6) is 11.5 Å². The van der Waals surface area contributed by atoms with Crippen LogP contribution < -0.4 is 14.8 Å². The molecule has 2 rings (SSSR count). The van der Waals surface area contributed by atoms with E-state index in [0.29, 0.717) is 29.4 Å². The van der Waals surface area contributed by atoms with Crippen molar-refractivity contribution in [2.75, 3.05) is 26.5 Å². The second kappa shape index (κ2) is 12.0. The molecule has 0 aliphatic carbocycles. The number of amides is 2. The van der Waals surface area contributed by atoms with Gasteiger partial charge in [0.05, 0.1) is 19.6 Å². The van der Waals surface area contributed by atoms with Gasteiger partial charge in [-0.25, -0.2) is 0 Å². The van der Waals surface area contributed by atoms with Crippen LogP contribution in [0, 0.1) is 0 Å². The highest BCUT2D eigenvalue weighted by Gasteiger charge is 2.41. The molecule has 0 spiro atoms. The van der Waals surface area contributed by atoms with Crippen LogP contribution in [0.25, 0.3) is 0 Å². The molecule has 6 nitrogen and oxygen atoms in total. The Bertz CT molecular complexity index is 661. The summed E-state index contributed by atoms with van der Waals surface area (Å²) in [7, 11) is 3.12. The molecule has 162 valence electrons. The van der Waals surface area contributed by atoms with Crippen molar-refractivity contribution in [3.05, 3.63) is 23.8 Å². The zero-order valence-corrected chi connectivity index (χ0v) is 18.8. The summed E-state index contributed by atoms with van der Waals surface area (Å²) in [6.45, 7) is 4.90. The van der Waals surface area contributed by atoms with Crippen LogP contribution in [0.3, 0.4) is 0 Å². The van der Waals surface area contributed by atoms with Crippen molar-refractivity contribution in [2.45, 2.75) is 63.8 Å². The summed E-state index contributed by atoms with van der Waals surface area (Å²) in [6, 6.07) is 4.71. The normalized spacial score (nSPS) is 18.6. The summed E-state index contributed by atoms with van der Waals surface area (Å²) < 4.78 is 10.6. The van der Waals surface area contributed by atoms with Gasteiger partial charge in [0.15, 0.2) is 0 Å². The number of nitrogens with one attached hydrogen (secondary N) is 1. The van der Waals surface area contributed by atoms with E-state index in [1.54, 1.807) is 49.1 Å². The van der Waals surface area contributed by atoms with E-state index in [9.17, 15) is 9.59 Å². The number of methoxy groups -OCH3 is 2. The second-order valence-electron chi connectivity index (χ2n) is 7.26. The van der Waals surface area contributed by atoms with Crippen molar-refractivity contribution >= 4 is 23.6 Å². The summed E-state index contributed by atoms with van der Waals surface area (Å²) in [4.78, 5) is 28.1. The van der Waals surface area contributed by atoms with E-state index in [1.807, 2.05) is 0 Å². The number of benzene rings is 1. The third-order valence-electron chi connectivity index (χ3n) is 5.11. The first-order chi connectivity index (χ1) is 14.0. The highest BCUT2D eigenvalue weighted by Crippen LogP contribution is 2.35. The van der Waals surface area contributed by atoms with Crippen molar-refractivity contribution in [1.82, 2.24) is 10.2 Å². The number of carbonyl (C=O) groups is 2. The molecule has 0 radical (unpaired) electrons. The van der Waals surface area contributed by atoms with E-state index in [1.165, 1.54) is 0 Å². The first kappa shape index (κ1) is 23.4. The Morgan fingerprint density at radius 3 is 2.31 bits per heavy atom. The lowest BCUT2D eigenvalue weighted by molar-refractivity contribution is -0.124. The number of rotatable bonds is 11. The average Bonchev–Trinajstić information content (AvgIpc) is 3.17. The quantitative estimate of drug-likeness (QED) is 0.544. The molecule has 7 heteroatoms. The Labute approximate surface area is 178 Å². The predicted molar refractivity (Wildman–Crippen MR) is 118 cm³/mol. The van der Waals surface area contributed by atoms with E-state index in [0.717, 1.165) is 38.5 Å². The van der Waals surface area contributed by atoms with E-state index in [4.69, 9.17) is 9.47 Å². The number of nitrogens with zero attached hydrogens (tertiary/aromatic N) is 1. The Morgan fingerprint density at radius 2 is 1.72 bits per heavy atom. The number of hydrogen-bond donors (Lipinski definition) is 1. The van der Waals surface area contributed by atoms with Gasteiger partial charge in [0.25, 0.3) is 5.91 Å². The molecule has 0 bridgehead atoms. The minimum atomic E-state index is -0.451. The van der Waals surface area contributed by atoms with Gasteiger partial charge in [-0.05, 0) is 25.0 Å². The van der Waals surface area contributed by atoms with Gasteiger partial charge in [-0.15, -0.1) is 11.8 Å². The van der Waals surface area contributed by atoms with Crippen LogP contribution in [-0.2, 0) is 4.79 Å². The van der Waals surface area contributed by atoms with Gasteiger partial charge in [-0.1, -0.05) is 39.5 Å². The number of hydrogen-bond acceptors (Lipinski definition) is 5. The fourth-order valence-electron chi connectivity index (χ4n) is 3.42.